The van der Waals surface area contributed by atoms with Crippen molar-refractivity contribution in [3.05, 3.63) is 39.6 Å². The van der Waals surface area contributed by atoms with Crippen molar-refractivity contribution in [2.75, 3.05) is 5.73 Å². The van der Waals surface area contributed by atoms with E-state index in [1.54, 1.807) is 32.0 Å². The van der Waals surface area contributed by atoms with Gasteiger partial charge in [0.2, 0.25) is 5.88 Å². The minimum Gasteiger partial charge on any atom is -0.437 e. The molecule has 0 radical (unpaired) electrons. The summed E-state index contributed by atoms with van der Waals surface area (Å²) in [6, 6.07) is 5.14. The molecule has 4 nitrogen and oxygen atoms in total. The molecule has 94 valence electrons. The summed E-state index contributed by atoms with van der Waals surface area (Å²) in [5, 5.41) is 0.763. The smallest absolute Gasteiger partial charge is 0.227 e. The van der Waals surface area contributed by atoms with Crippen molar-refractivity contribution in [3.8, 4) is 11.6 Å². The van der Waals surface area contributed by atoms with Gasteiger partial charge in [0.25, 0.3) is 0 Å². The van der Waals surface area contributed by atoms with Crippen LogP contribution in [0.3, 0.4) is 0 Å². The van der Waals surface area contributed by atoms with Crippen LogP contribution in [0.25, 0.3) is 0 Å². The summed E-state index contributed by atoms with van der Waals surface area (Å²) in [7, 11) is 0. The lowest BCUT2D eigenvalue weighted by molar-refractivity contribution is 0.456. The molecule has 0 atom stereocenters. The number of nitrogens with zero attached hydrogens (tertiary/aromatic N) is 2. The number of aromatic nitrogens is 2. The van der Waals surface area contributed by atoms with E-state index in [0.29, 0.717) is 38.9 Å². The van der Waals surface area contributed by atoms with Crippen molar-refractivity contribution in [2.45, 2.75) is 13.8 Å². The number of halogens is 2. The Morgan fingerprint density at radius 3 is 2.61 bits per heavy atom. The maximum Gasteiger partial charge on any atom is 0.227 e. The average molecular weight is 284 g/mol. The van der Waals surface area contributed by atoms with E-state index in [0.717, 1.165) is 0 Å². The van der Waals surface area contributed by atoms with E-state index >= 15 is 0 Å². The number of nitrogens with two attached hydrogens (primary N) is 1. The molecule has 0 saturated carbocycles. The SMILES string of the molecule is Cc1nc(N)c(C)c(Oc2cccc(Cl)c2Cl)n1. The maximum atomic E-state index is 6.04. The van der Waals surface area contributed by atoms with Crippen molar-refractivity contribution < 1.29 is 4.74 Å². The molecule has 0 amide bonds. The highest BCUT2D eigenvalue weighted by molar-refractivity contribution is 6.42. The lowest BCUT2D eigenvalue weighted by Crippen LogP contribution is -2.02. The number of ether oxygens (including phenoxy) is 1. The predicted molar refractivity (Wildman–Crippen MR) is 72.5 cm³/mol. The molecule has 0 unspecified atom stereocenters. The Morgan fingerprint density at radius 2 is 1.89 bits per heavy atom. The standard InChI is InChI=1S/C12H11Cl2N3O/c1-6-11(15)16-7(2)17-12(6)18-9-5-3-4-8(13)10(9)14/h3-5H,1-2H3,(H2,15,16,17). The van der Waals surface area contributed by atoms with Gasteiger partial charge in [-0.1, -0.05) is 29.3 Å². The molecule has 0 spiro atoms. The normalized spacial score (nSPS) is 10.4. The topological polar surface area (TPSA) is 61.0 Å². The molecule has 0 aliphatic heterocycles. The third-order valence-electron chi connectivity index (χ3n) is 2.37. The van der Waals surface area contributed by atoms with E-state index in [9.17, 15) is 0 Å². The van der Waals surface area contributed by atoms with Gasteiger partial charge in [-0.2, -0.15) is 4.98 Å². The molecule has 2 rings (SSSR count). The van der Waals surface area contributed by atoms with Crippen LogP contribution >= 0.6 is 23.2 Å². The van der Waals surface area contributed by atoms with Crippen LogP contribution in [0.5, 0.6) is 11.6 Å². The Kier molecular flexibility index (Phi) is 3.59. The second-order valence-corrected chi connectivity index (χ2v) is 4.53. The van der Waals surface area contributed by atoms with Gasteiger partial charge < -0.3 is 10.5 Å². The average Bonchev–Trinajstić information content (AvgIpc) is 2.31. The van der Waals surface area contributed by atoms with Crippen LogP contribution in [-0.4, -0.2) is 9.97 Å². The van der Waals surface area contributed by atoms with Crippen LogP contribution in [0.4, 0.5) is 5.82 Å². The number of nitrogen functional groups attached to an aromatic ring is 1. The fraction of sp³-hybridized carbons (Fsp3) is 0.167. The summed E-state index contributed by atoms with van der Waals surface area (Å²) in [4.78, 5) is 8.23. The molecule has 2 N–H and O–H groups in total. The van der Waals surface area contributed by atoms with Crippen LogP contribution in [-0.2, 0) is 0 Å². The molecule has 0 saturated heterocycles. The van der Waals surface area contributed by atoms with Gasteiger partial charge >= 0.3 is 0 Å². The highest BCUT2D eigenvalue weighted by Crippen LogP contribution is 2.35. The second-order valence-electron chi connectivity index (χ2n) is 3.74. The van der Waals surface area contributed by atoms with E-state index < -0.39 is 0 Å². The number of aryl methyl sites for hydroxylation is 1. The fourth-order valence-corrected chi connectivity index (χ4v) is 1.72. The molecule has 0 aliphatic rings. The number of hydrogen-bond acceptors (Lipinski definition) is 4. The monoisotopic (exact) mass is 283 g/mol. The van der Waals surface area contributed by atoms with Crippen molar-refractivity contribution in [1.29, 1.82) is 0 Å². The van der Waals surface area contributed by atoms with Gasteiger partial charge in [-0.05, 0) is 26.0 Å². The van der Waals surface area contributed by atoms with Gasteiger partial charge in [0, 0.05) is 0 Å². The minimum atomic E-state index is 0.341. The first-order chi connectivity index (χ1) is 8.49. The van der Waals surface area contributed by atoms with Gasteiger partial charge in [0.05, 0.1) is 10.6 Å². The summed E-state index contributed by atoms with van der Waals surface area (Å²) < 4.78 is 5.63. The molecule has 0 fully saturated rings. The van der Waals surface area contributed by atoms with Crippen molar-refractivity contribution in [2.24, 2.45) is 0 Å². The van der Waals surface area contributed by atoms with Crippen molar-refractivity contribution >= 4 is 29.0 Å². The predicted octanol–water partition coefficient (Wildman–Crippen LogP) is 3.77. The van der Waals surface area contributed by atoms with E-state index in [1.165, 1.54) is 0 Å². The Morgan fingerprint density at radius 1 is 1.17 bits per heavy atom. The van der Waals surface area contributed by atoms with Gasteiger partial charge in [-0.3, -0.25) is 0 Å². The second kappa shape index (κ2) is 5.00. The van der Waals surface area contributed by atoms with Gasteiger partial charge in [0.15, 0.2) is 0 Å². The molecule has 1 heterocycles. The molecular weight excluding hydrogens is 273 g/mol. The first kappa shape index (κ1) is 12.9. The quantitative estimate of drug-likeness (QED) is 0.911. The summed E-state index contributed by atoms with van der Waals surface area (Å²) in [6.07, 6.45) is 0. The van der Waals surface area contributed by atoms with E-state index in [2.05, 4.69) is 9.97 Å². The third-order valence-corrected chi connectivity index (χ3v) is 3.17. The lowest BCUT2D eigenvalue weighted by Gasteiger charge is -2.11. The van der Waals surface area contributed by atoms with Gasteiger partial charge in [-0.25, -0.2) is 4.98 Å². The summed E-state index contributed by atoms with van der Waals surface area (Å²) in [5.74, 6) is 1.73. The molecule has 2 aromatic rings. The van der Waals surface area contributed by atoms with Crippen LogP contribution < -0.4 is 10.5 Å². The first-order valence-electron chi connectivity index (χ1n) is 5.21. The van der Waals surface area contributed by atoms with Crippen molar-refractivity contribution in [3.63, 3.8) is 0 Å². The number of rotatable bonds is 2. The van der Waals surface area contributed by atoms with Crippen LogP contribution in [0.15, 0.2) is 18.2 Å². The molecule has 0 bridgehead atoms. The highest BCUT2D eigenvalue weighted by Gasteiger charge is 2.12. The largest absolute Gasteiger partial charge is 0.437 e. The summed E-state index contributed by atoms with van der Waals surface area (Å²) in [5.41, 5.74) is 6.42. The maximum absolute atomic E-state index is 6.04. The molecule has 18 heavy (non-hydrogen) atoms. The molecular formula is C12H11Cl2N3O. The van der Waals surface area contributed by atoms with E-state index in [-0.39, 0.29) is 0 Å². The van der Waals surface area contributed by atoms with Gasteiger partial charge in [0.1, 0.15) is 22.4 Å². The summed E-state index contributed by atoms with van der Waals surface area (Å²) >= 11 is 12.0. The third kappa shape index (κ3) is 2.49. The molecule has 6 heteroatoms. The Bertz CT molecular complexity index is 602. The van der Waals surface area contributed by atoms with E-state index in [4.69, 9.17) is 33.7 Å². The minimum absolute atomic E-state index is 0.341. The molecule has 1 aromatic carbocycles. The number of benzene rings is 1. The Hall–Kier alpha value is -1.52. The zero-order valence-electron chi connectivity index (χ0n) is 9.87. The highest BCUT2D eigenvalue weighted by atomic mass is 35.5. The van der Waals surface area contributed by atoms with Crippen LogP contribution in [0, 0.1) is 13.8 Å². The molecule has 1 aromatic heterocycles. The van der Waals surface area contributed by atoms with Crippen LogP contribution in [0.2, 0.25) is 10.0 Å². The first-order valence-corrected chi connectivity index (χ1v) is 5.97. The number of hydrogen-bond donors (Lipinski definition) is 1. The van der Waals surface area contributed by atoms with Crippen molar-refractivity contribution in [1.82, 2.24) is 9.97 Å². The zero-order valence-corrected chi connectivity index (χ0v) is 11.4. The lowest BCUT2D eigenvalue weighted by atomic mass is 10.3. The summed E-state index contributed by atoms with van der Waals surface area (Å²) in [6.45, 7) is 3.52. The number of anilines is 1. The van der Waals surface area contributed by atoms with E-state index in [1.807, 2.05) is 0 Å². The molecule has 0 aliphatic carbocycles. The fourth-order valence-electron chi connectivity index (χ4n) is 1.39. The van der Waals surface area contributed by atoms with Gasteiger partial charge in [-0.15, -0.1) is 0 Å². The van der Waals surface area contributed by atoms with Crippen LogP contribution in [0.1, 0.15) is 11.4 Å². The Labute approximate surface area is 115 Å². The zero-order chi connectivity index (χ0) is 13.3. The Balaban J connectivity index is 2.43.